The summed E-state index contributed by atoms with van der Waals surface area (Å²) in [6.45, 7) is 18.6. The zero-order valence-electron chi connectivity index (χ0n) is 52.3. The Bertz CT molecular complexity index is 3440. The van der Waals surface area contributed by atoms with Crippen LogP contribution in [-0.2, 0) is 56.3 Å². The van der Waals surface area contributed by atoms with Crippen LogP contribution in [0.2, 0.25) is 0 Å². The number of halogens is 5. The predicted octanol–water partition coefficient (Wildman–Crippen LogP) is 15.3. The fourth-order valence-electron chi connectivity index (χ4n) is 11.1. The van der Waals surface area contributed by atoms with Crippen molar-refractivity contribution >= 4 is 110 Å². The van der Waals surface area contributed by atoms with Crippen LogP contribution in [-0.4, -0.2) is 103 Å². The molecule has 0 spiro atoms. The fourth-order valence-corrected chi connectivity index (χ4v) is 12.4. The Labute approximate surface area is 580 Å². The molecule has 0 radical (unpaired) electrons. The summed E-state index contributed by atoms with van der Waals surface area (Å²) in [6.07, 6.45) is 4.76. The molecule has 92 heavy (non-hydrogen) atoms. The van der Waals surface area contributed by atoms with E-state index in [9.17, 15) is 24.0 Å². The maximum absolute atomic E-state index is 13.4. The molecule has 2 fully saturated rings. The molecular weight excluding hydrogens is 1500 g/mol. The minimum Gasteiger partial charge on any atom is -0.491 e. The summed E-state index contributed by atoms with van der Waals surface area (Å²) in [5.41, 5.74) is 17.2. The molecule has 4 aliphatic heterocycles. The minimum absolute atomic E-state index is 0.0520. The number of H-pyrrole nitrogens is 2. The number of aromatic nitrogens is 2. The predicted molar refractivity (Wildman–Crippen MR) is 375 cm³/mol. The van der Waals surface area contributed by atoms with Crippen LogP contribution >= 0.6 is 79.6 Å². The van der Waals surface area contributed by atoms with E-state index in [2.05, 4.69) is 110 Å². The molecule has 7 aromatic rings. The van der Waals surface area contributed by atoms with Gasteiger partial charge in [0.1, 0.15) is 23.6 Å². The Morgan fingerprint density at radius 1 is 0.598 bits per heavy atom. The van der Waals surface area contributed by atoms with Crippen molar-refractivity contribution < 1.29 is 42.9 Å². The van der Waals surface area contributed by atoms with Crippen LogP contribution in [0.1, 0.15) is 105 Å². The van der Waals surface area contributed by atoms with Crippen molar-refractivity contribution in [1.82, 2.24) is 35.7 Å². The SMILES string of the molecule is COC(=O)N[C@H](C(=O)N1CCC[C@@H]1c1[nH]c(-c2ccc(Br)cc2)c2c1CCO2)C(C)C.COC(=O)N[C@H](C(=O)N1CCC[C@H]1c1[nH]c(-c2ccc(Br)cc2)c2c1CCO2)C(C)C.NCc1ccc(Br)cc1.O=CNCc1ccc(Br)cc1.[C-]#[N+]Cc1ccc(Br)cc1. The number of likely N-dealkylation sites (tertiary alicyclic amines) is 2. The lowest BCUT2D eigenvalue weighted by atomic mass is 10.0. The second-order valence-corrected chi connectivity index (χ2v) is 27.2. The van der Waals surface area contributed by atoms with Crippen molar-refractivity contribution in [2.75, 3.05) is 40.5 Å². The fraction of sp³-hybridized carbons (Fsp3) is 0.362. The van der Waals surface area contributed by atoms with E-state index >= 15 is 0 Å². The monoisotopic (exact) mass is 1570 g/mol. The van der Waals surface area contributed by atoms with Crippen molar-refractivity contribution in [2.45, 2.75) is 110 Å². The minimum atomic E-state index is -0.627. The molecule has 6 heterocycles. The lowest BCUT2D eigenvalue weighted by molar-refractivity contribution is -0.136. The molecule has 0 saturated carbocycles. The van der Waals surface area contributed by atoms with E-state index in [0.29, 0.717) is 52.3 Å². The summed E-state index contributed by atoms with van der Waals surface area (Å²) in [5.74, 6) is 1.54. The number of hydrogen-bond donors (Lipinski definition) is 6. The number of carbonyl (C=O) groups excluding carboxylic acids is 5. The molecule has 2 aromatic heterocycles. The molecule has 5 amide bonds. The first-order chi connectivity index (χ1) is 44.3. The summed E-state index contributed by atoms with van der Waals surface area (Å²) in [4.78, 5) is 74.7. The lowest BCUT2D eigenvalue weighted by Crippen LogP contribution is -2.51. The highest BCUT2D eigenvalue weighted by Crippen LogP contribution is 2.47. The molecule has 0 unspecified atom stereocenters. The van der Waals surface area contributed by atoms with Crippen LogP contribution in [0.3, 0.4) is 0 Å². The van der Waals surface area contributed by atoms with Crippen LogP contribution in [0, 0.1) is 18.4 Å². The number of nitrogens with one attached hydrogen (secondary N) is 5. The number of carbonyl (C=O) groups is 5. The largest absolute Gasteiger partial charge is 0.491 e. The van der Waals surface area contributed by atoms with Crippen molar-refractivity contribution in [3.8, 4) is 34.0 Å². The van der Waals surface area contributed by atoms with Crippen molar-refractivity contribution in [1.29, 1.82) is 0 Å². The van der Waals surface area contributed by atoms with E-state index in [4.69, 9.17) is 31.3 Å². The van der Waals surface area contributed by atoms with E-state index in [1.54, 1.807) is 0 Å². The average molecular weight is 1580 g/mol. The second kappa shape index (κ2) is 35.9. The van der Waals surface area contributed by atoms with E-state index in [1.807, 2.05) is 159 Å². The highest BCUT2D eigenvalue weighted by atomic mass is 79.9. The third kappa shape index (κ3) is 19.8. The number of alkyl carbamates (subject to hydrolysis) is 2. The Morgan fingerprint density at radius 2 is 0.957 bits per heavy atom. The number of methoxy groups -OCH3 is 2. The third-order valence-corrected chi connectivity index (χ3v) is 18.4. The van der Waals surface area contributed by atoms with Gasteiger partial charge in [0.25, 0.3) is 0 Å². The average Bonchev–Trinajstić information content (AvgIpc) is 1.62. The van der Waals surface area contributed by atoms with Gasteiger partial charge in [0.2, 0.25) is 24.8 Å². The first kappa shape index (κ1) is 72.5. The van der Waals surface area contributed by atoms with Gasteiger partial charge in [-0.2, -0.15) is 0 Å². The van der Waals surface area contributed by atoms with Gasteiger partial charge in [0, 0.05) is 101 Å². The molecule has 7 N–H and O–H groups in total. The molecule has 4 aliphatic rings. The number of amides is 5. The smallest absolute Gasteiger partial charge is 0.407 e. The summed E-state index contributed by atoms with van der Waals surface area (Å²) in [7, 11) is 2.61. The molecule has 18 nitrogen and oxygen atoms in total. The van der Waals surface area contributed by atoms with Gasteiger partial charge in [-0.15, -0.1) is 0 Å². The summed E-state index contributed by atoms with van der Waals surface area (Å²) < 4.78 is 26.7. The zero-order valence-corrected chi connectivity index (χ0v) is 60.2. The van der Waals surface area contributed by atoms with Crippen molar-refractivity contribution in [2.24, 2.45) is 17.6 Å². The number of nitrogens with zero attached hydrogens (tertiary/aromatic N) is 3. The number of nitrogens with two attached hydrogens (primary N) is 1. The molecule has 0 bridgehead atoms. The molecular formula is C69H78Br5N9O9. The lowest BCUT2D eigenvalue weighted by Gasteiger charge is -2.30. The van der Waals surface area contributed by atoms with Crippen molar-refractivity contribution in [3.63, 3.8) is 0 Å². The van der Waals surface area contributed by atoms with Gasteiger partial charge in [-0.25, -0.2) is 16.2 Å². The van der Waals surface area contributed by atoms with Gasteiger partial charge in [-0.3, -0.25) is 14.4 Å². The highest BCUT2D eigenvalue weighted by molar-refractivity contribution is 9.11. The highest BCUT2D eigenvalue weighted by Gasteiger charge is 2.41. The molecule has 23 heteroatoms. The summed E-state index contributed by atoms with van der Waals surface area (Å²) >= 11 is 16.9. The topological polar surface area (TPSA) is 227 Å². The summed E-state index contributed by atoms with van der Waals surface area (Å²) in [6, 6.07) is 38.4. The Kier molecular flexibility index (Phi) is 28.3. The van der Waals surface area contributed by atoms with Crippen LogP contribution in [0.4, 0.5) is 9.59 Å². The Morgan fingerprint density at radius 3 is 1.29 bits per heavy atom. The van der Waals surface area contributed by atoms with E-state index < -0.39 is 24.3 Å². The van der Waals surface area contributed by atoms with Gasteiger partial charge >= 0.3 is 12.2 Å². The van der Waals surface area contributed by atoms with Gasteiger partial charge in [-0.1, -0.05) is 168 Å². The van der Waals surface area contributed by atoms with E-state index in [0.717, 1.165) is 129 Å². The zero-order chi connectivity index (χ0) is 66.4. The van der Waals surface area contributed by atoms with Crippen LogP contribution in [0.5, 0.6) is 11.5 Å². The maximum Gasteiger partial charge on any atom is 0.407 e. The number of ether oxygens (including phenoxy) is 4. The molecule has 5 aromatic carbocycles. The third-order valence-electron chi connectivity index (χ3n) is 15.8. The number of fused-ring (bicyclic) bond motifs is 2. The van der Waals surface area contributed by atoms with E-state index in [-0.39, 0.29) is 35.7 Å². The molecule has 11 rings (SSSR count). The van der Waals surface area contributed by atoms with Crippen molar-refractivity contribution in [3.05, 3.63) is 194 Å². The van der Waals surface area contributed by atoms with Gasteiger partial charge in [-0.05, 0) is 109 Å². The Hall–Kier alpha value is -6.94. The van der Waals surface area contributed by atoms with Gasteiger partial charge < -0.3 is 65.2 Å². The van der Waals surface area contributed by atoms with Crippen LogP contribution in [0.15, 0.2) is 144 Å². The first-order valence-corrected chi connectivity index (χ1v) is 34.3. The molecule has 4 atom stereocenters. The van der Waals surface area contributed by atoms with Gasteiger partial charge in [0.15, 0.2) is 0 Å². The quantitative estimate of drug-likeness (QED) is 0.0420. The summed E-state index contributed by atoms with van der Waals surface area (Å²) in [5, 5.41) is 8.01. The standard InChI is InChI=1S/2C23H28BrN3O4.C8H8BrNO.C8H6BrN.C7H8BrN/c2*1-13(2)18(26-23(29)30-3)22(28)27-11-4-5-17(27)20-16-10-12-31-21(16)19(25-20)14-6-8-15(24)9-7-14;9-8-3-1-7(2-4-8)5-10-6-11;1-10-6-7-2-4-8(9)5-3-7;8-7-3-1-6(5-9)2-4-7/h2*6-9,13,17-18,25H,4-5,10-12H2,1-3H3,(H,26,29);1-4,6H,5H2,(H,10,11);2-5H,6H2;1-4H,5,9H2/t17-,18+;17-,18-;;;/m10.../s1. The Balaban J connectivity index is 0.000000181. The van der Waals surface area contributed by atoms with Crippen LogP contribution < -0.4 is 31.2 Å². The molecule has 488 valence electrons. The number of aromatic amines is 2. The second-order valence-electron chi connectivity index (χ2n) is 22.6. The number of benzene rings is 5. The van der Waals surface area contributed by atoms with Gasteiger partial charge in [0.05, 0.1) is 50.9 Å². The number of rotatable bonds is 15. The number of hydrogen-bond acceptors (Lipinski definition) is 10. The molecule has 2 saturated heterocycles. The van der Waals surface area contributed by atoms with E-state index in [1.165, 1.54) is 19.8 Å². The maximum atomic E-state index is 13.4. The normalized spacial score (nSPS) is 15.5. The molecule has 0 aliphatic carbocycles. The first-order valence-electron chi connectivity index (χ1n) is 30.3. The van der Waals surface area contributed by atoms with Crippen LogP contribution in [0.25, 0.3) is 27.4 Å².